The molecule has 0 spiro atoms. The molecule has 0 aliphatic carbocycles. The number of benzene rings is 1. The monoisotopic (exact) mass is 273 g/mol. The average molecular weight is 274 g/mol. The van der Waals surface area contributed by atoms with Crippen LogP contribution in [-0.4, -0.2) is 25.5 Å². The Kier molecular flexibility index (Phi) is 4.99. The summed E-state index contributed by atoms with van der Waals surface area (Å²) in [6.07, 6.45) is 1.52. The summed E-state index contributed by atoms with van der Waals surface area (Å²) in [5.74, 6) is 1.00. The van der Waals surface area contributed by atoms with Crippen molar-refractivity contribution in [3.8, 4) is 11.5 Å². The van der Waals surface area contributed by atoms with Crippen LogP contribution in [0.2, 0.25) is 5.02 Å². The lowest BCUT2D eigenvalue weighted by Gasteiger charge is -2.09. The zero-order chi connectivity index (χ0) is 12.8. The second-order valence-electron chi connectivity index (χ2n) is 2.97. The molecule has 0 atom stereocenters. The molecule has 92 valence electrons. The van der Waals surface area contributed by atoms with Gasteiger partial charge in [0.15, 0.2) is 16.6 Å². The predicted molar refractivity (Wildman–Crippen MR) is 72.1 cm³/mol. The lowest BCUT2D eigenvalue weighted by atomic mass is 10.2. The Bertz CT molecular complexity index is 451. The topological polar surface area (TPSA) is 68.9 Å². The molecule has 0 unspecified atom stereocenters. The number of hydrogen-bond acceptors (Lipinski definition) is 4. The second kappa shape index (κ2) is 6.27. The molecule has 0 fully saturated rings. The molecule has 0 heterocycles. The van der Waals surface area contributed by atoms with Crippen molar-refractivity contribution >= 4 is 35.1 Å². The smallest absolute Gasteiger partial charge is 0.184 e. The maximum atomic E-state index is 6.02. The molecule has 1 rings (SSSR count). The van der Waals surface area contributed by atoms with Gasteiger partial charge in [-0.15, -0.1) is 0 Å². The zero-order valence-corrected chi connectivity index (χ0v) is 10.9. The normalized spacial score (nSPS) is 10.3. The van der Waals surface area contributed by atoms with Crippen molar-refractivity contribution < 1.29 is 9.47 Å². The Labute approximate surface area is 110 Å². The number of hydrazone groups is 1. The van der Waals surface area contributed by atoms with Crippen LogP contribution in [0.15, 0.2) is 17.2 Å². The number of nitrogens with one attached hydrogen (secondary N) is 1. The molecule has 0 aliphatic rings. The van der Waals surface area contributed by atoms with Crippen molar-refractivity contribution in [2.45, 2.75) is 0 Å². The molecule has 0 radical (unpaired) electrons. The quantitative estimate of drug-likeness (QED) is 0.495. The Balaban J connectivity index is 2.99. The molecule has 0 bridgehead atoms. The number of thiocarbonyl (C=S) groups is 1. The maximum absolute atomic E-state index is 6.02. The largest absolute Gasteiger partial charge is 0.493 e. The summed E-state index contributed by atoms with van der Waals surface area (Å²) in [5.41, 5.74) is 8.40. The number of nitrogens with zero attached hydrogens (tertiary/aromatic N) is 1. The van der Waals surface area contributed by atoms with E-state index in [1.54, 1.807) is 12.1 Å². The van der Waals surface area contributed by atoms with Crippen molar-refractivity contribution in [3.05, 3.63) is 22.7 Å². The van der Waals surface area contributed by atoms with E-state index in [0.29, 0.717) is 16.5 Å². The summed E-state index contributed by atoms with van der Waals surface area (Å²) in [5, 5.41) is 4.34. The molecule has 0 aliphatic heterocycles. The van der Waals surface area contributed by atoms with Crippen molar-refractivity contribution in [1.82, 2.24) is 5.43 Å². The molecule has 5 nitrogen and oxygen atoms in total. The van der Waals surface area contributed by atoms with Gasteiger partial charge in [-0.05, 0) is 29.9 Å². The lowest BCUT2D eigenvalue weighted by Crippen LogP contribution is -2.23. The number of halogens is 1. The van der Waals surface area contributed by atoms with Crippen molar-refractivity contribution in [2.75, 3.05) is 14.2 Å². The van der Waals surface area contributed by atoms with Crippen LogP contribution < -0.4 is 20.6 Å². The minimum absolute atomic E-state index is 0.0906. The van der Waals surface area contributed by atoms with Crippen LogP contribution in [0.5, 0.6) is 11.5 Å². The SMILES string of the molecule is COc1cc(/C=N/NC(N)=S)cc(Cl)c1OC. The van der Waals surface area contributed by atoms with E-state index < -0.39 is 0 Å². The van der Waals surface area contributed by atoms with Crippen molar-refractivity contribution in [1.29, 1.82) is 0 Å². The maximum Gasteiger partial charge on any atom is 0.184 e. The summed E-state index contributed by atoms with van der Waals surface area (Å²) in [6, 6.07) is 3.42. The molecule has 7 heteroatoms. The fraction of sp³-hybridized carbons (Fsp3) is 0.200. The third-order valence-electron chi connectivity index (χ3n) is 1.84. The highest BCUT2D eigenvalue weighted by Gasteiger charge is 2.09. The predicted octanol–water partition coefficient (Wildman–Crippen LogP) is 1.52. The second-order valence-corrected chi connectivity index (χ2v) is 3.82. The molecule has 1 aromatic carbocycles. The first kappa shape index (κ1) is 13.5. The number of nitrogens with two attached hydrogens (primary N) is 1. The van der Waals surface area contributed by atoms with Gasteiger partial charge in [-0.2, -0.15) is 5.10 Å². The van der Waals surface area contributed by atoms with Crippen molar-refractivity contribution in [2.24, 2.45) is 10.8 Å². The Morgan fingerprint density at radius 1 is 1.47 bits per heavy atom. The highest BCUT2D eigenvalue weighted by Crippen LogP contribution is 2.35. The number of rotatable bonds is 4. The van der Waals surface area contributed by atoms with E-state index in [1.807, 2.05) is 0 Å². The molecule has 0 saturated carbocycles. The Hall–Kier alpha value is -1.53. The lowest BCUT2D eigenvalue weighted by molar-refractivity contribution is 0.355. The van der Waals surface area contributed by atoms with Crippen molar-refractivity contribution in [3.63, 3.8) is 0 Å². The van der Waals surface area contributed by atoms with Gasteiger partial charge in [0.2, 0.25) is 0 Å². The highest BCUT2D eigenvalue weighted by molar-refractivity contribution is 7.80. The standard InChI is InChI=1S/C10H12ClN3O2S/c1-15-8-4-6(5-13-14-10(12)17)3-7(11)9(8)16-2/h3-5H,1-2H3,(H3,12,14,17)/b13-5+. The van der Waals surface area contributed by atoms with Crippen LogP contribution in [0.4, 0.5) is 0 Å². The number of hydrogen-bond donors (Lipinski definition) is 2. The van der Waals surface area contributed by atoms with Crippen LogP contribution in [0.25, 0.3) is 0 Å². The summed E-state index contributed by atoms with van der Waals surface area (Å²) in [7, 11) is 3.05. The molecule has 3 N–H and O–H groups in total. The first-order valence-corrected chi connectivity index (χ1v) is 5.37. The molecular weight excluding hydrogens is 262 g/mol. The summed E-state index contributed by atoms with van der Waals surface area (Å²) in [6.45, 7) is 0. The average Bonchev–Trinajstić information content (AvgIpc) is 2.27. The fourth-order valence-corrected chi connectivity index (χ4v) is 1.53. The van der Waals surface area contributed by atoms with E-state index in [-0.39, 0.29) is 5.11 Å². The van der Waals surface area contributed by atoms with Gasteiger partial charge in [0.05, 0.1) is 25.5 Å². The van der Waals surface area contributed by atoms with Gasteiger partial charge in [0, 0.05) is 0 Å². The molecule has 0 amide bonds. The van der Waals surface area contributed by atoms with Gasteiger partial charge in [-0.25, -0.2) is 0 Å². The molecule has 0 saturated heterocycles. The molecule has 1 aromatic rings. The third kappa shape index (κ3) is 3.76. The third-order valence-corrected chi connectivity index (χ3v) is 2.22. The first-order valence-electron chi connectivity index (χ1n) is 4.58. The first-order chi connectivity index (χ1) is 8.08. The van der Waals surface area contributed by atoms with E-state index in [0.717, 1.165) is 5.56 Å². The fourth-order valence-electron chi connectivity index (χ4n) is 1.18. The van der Waals surface area contributed by atoms with E-state index in [9.17, 15) is 0 Å². The molecular formula is C10H12ClN3O2S. The van der Waals surface area contributed by atoms with Gasteiger partial charge in [-0.3, -0.25) is 5.43 Å². The molecule has 17 heavy (non-hydrogen) atoms. The highest BCUT2D eigenvalue weighted by atomic mass is 35.5. The van der Waals surface area contributed by atoms with Gasteiger partial charge < -0.3 is 15.2 Å². The minimum Gasteiger partial charge on any atom is -0.493 e. The van der Waals surface area contributed by atoms with Crippen LogP contribution in [0.1, 0.15) is 5.56 Å². The van der Waals surface area contributed by atoms with E-state index >= 15 is 0 Å². The Morgan fingerprint density at radius 2 is 2.18 bits per heavy atom. The van der Waals surface area contributed by atoms with E-state index in [2.05, 4.69) is 22.7 Å². The van der Waals surface area contributed by atoms with Gasteiger partial charge in [0.25, 0.3) is 0 Å². The van der Waals surface area contributed by atoms with Crippen LogP contribution in [0.3, 0.4) is 0 Å². The van der Waals surface area contributed by atoms with E-state index in [4.69, 9.17) is 26.8 Å². The summed E-state index contributed by atoms with van der Waals surface area (Å²) in [4.78, 5) is 0. The number of methoxy groups -OCH3 is 2. The molecule has 0 aromatic heterocycles. The van der Waals surface area contributed by atoms with E-state index in [1.165, 1.54) is 20.4 Å². The minimum atomic E-state index is 0.0906. The number of ether oxygens (including phenoxy) is 2. The van der Waals surface area contributed by atoms with Crippen LogP contribution >= 0.6 is 23.8 Å². The van der Waals surface area contributed by atoms with Gasteiger partial charge in [-0.1, -0.05) is 11.6 Å². The Morgan fingerprint density at radius 3 is 2.71 bits per heavy atom. The van der Waals surface area contributed by atoms with Gasteiger partial charge >= 0.3 is 0 Å². The van der Waals surface area contributed by atoms with Crippen LogP contribution in [-0.2, 0) is 0 Å². The summed E-state index contributed by atoms with van der Waals surface area (Å²) >= 11 is 10.6. The zero-order valence-electron chi connectivity index (χ0n) is 9.36. The van der Waals surface area contributed by atoms with Crippen LogP contribution in [0, 0.1) is 0 Å². The summed E-state index contributed by atoms with van der Waals surface area (Å²) < 4.78 is 10.2. The van der Waals surface area contributed by atoms with Gasteiger partial charge in [0.1, 0.15) is 0 Å².